The van der Waals surface area contributed by atoms with Gasteiger partial charge in [0, 0.05) is 38.8 Å². The lowest BCUT2D eigenvalue weighted by atomic mass is 9.72. The molecule has 1 aliphatic rings. The molecule has 164 valence electrons. The molecule has 0 atom stereocenters. The van der Waals surface area contributed by atoms with Gasteiger partial charge in [-0.3, -0.25) is 0 Å². The number of aromatic nitrogens is 1. The van der Waals surface area contributed by atoms with Gasteiger partial charge in [0.15, 0.2) is 0 Å². The van der Waals surface area contributed by atoms with E-state index >= 15 is 0 Å². The van der Waals surface area contributed by atoms with Crippen molar-refractivity contribution in [3.05, 3.63) is 102 Å². The Morgan fingerprint density at radius 1 is 0.606 bits per heavy atom. The van der Waals surface area contributed by atoms with Gasteiger partial charge in [-0.1, -0.05) is 68.4 Å². The van der Waals surface area contributed by atoms with Gasteiger partial charge < -0.3 is 9.47 Å². The van der Waals surface area contributed by atoms with Crippen molar-refractivity contribution in [3.8, 4) is 5.69 Å². The second kappa shape index (κ2) is 6.74. The molecule has 0 radical (unpaired) electrons. The van der Waals surface area contributed by atoms with Crippen LogP contribution in [0.25, 0.3) is 27.5 Å². The number of hydrogen-bond acceptors (Lipinski definition) is 1. The molecular formula is C31H30N2. The van der Waals surface area contributed by atoms with E-state index in [1.54, 1.807) is 0 Å². The Bertz CT molecular complexity index is 1480. The minimum Gasteiger partial charge on any atom is -0.335 e. The highest BCUT2D eigenvalue weighted by Crippen LogP contribution is 2.54. The Morgan fingerprint density at radius 2 is 1.15 bits per heavy atom. The second-order valence-electron chi connectivity index (χ2n) is 10.4. The third-order valence-corrected chi connectivity index (χ3v) is 8.05. The van der Waals surface area contributed by atoms with E-state index in [1.807, 2.05) is 0 Å². The molecule has 2 heterocycles. The molecule has 0 N–H and O–H groups in total. The summed E-state index contributed by atoms with van der Waals surface area (Å²) in [6.07, 6.45) is 0. The second-order valence-corrected chi connectivity index (χ2v) is 10.4. The van der Waals surface area contributed by atoms with Crippen LogP contribution in [0.15, 0.2) is 91.0 Å². The van der Waals surface area contributed by atoms with Crippen LogP contribution in [-0.4, -0.2) is 10.1 Å². The summed E-state index contributed by atoms with van der Waals surface area (Å²) in [5.41, 5.74) is 8.90. The van der Waals surface area contributed by atoms with Gasteiger partial charge in [0.2, 0.25) is 0 Å². The van der Waals surface area contributed by atoms with E-state index in [0.717, 1.165) is 0 Å². The first-order chi connectivity index (χ1) is 15.8. The zero-order chi connectivity index (χ0) is 23.0. The number of aryl methyl sites for hydroxylation is 1. The van der Waals surface area contributed by atoms with Crippen molar-refractivity contribution in [1.29, 1.82) is 0 Å². The molecule has 2 nitrogen and oxygen atoms in total. The molecule has 33 heavy (non-hydrogen) atoms. The van der Waals surface area contributed by atoms with Crippen LogP contribution in [0.1, 0.15) is 38.8 Å². The van der Waals surface area contributed by atoms with Crippen molar-refractivity contribution >= 4 is 33.2 Å². The summed E-state index contributed by atoms with van der Waals surface area (Å²) in [4.78, 5) is 2.55. The highest BCUT2D eigenvalue weighted by Gasteiger charge is 2.51. The molecule has 4 aromatic carbocycles. The van der Waals surface area contributed by atoms with Gasteiger partial charge in [-0.25, -0.2) is 0 Å². The van der Waals surface area contributed by atoms with Crippen molar-refractivity contribution < 1.29 is 0 Å². The maximum atomic E-state index is 2.55. The van der Waals surface area contributed by atoms with Crippen LogP contribution in [0.2, 0.25) is 0 Å². The number of hydrogen-bond donors (Lipinski definition) is 0. The predicted octanol–water partition coefficient (Wildman–Crippen LogP) is 8.30. The van der Waals surface area contributed by atoms with Crippen LogP contribution < -0.4 is 4.90 Å². The fourth-order valence-corrected chi connectivity index (χ4v) is 5.77. The summed E-state index contributed by atoms with van der Waals surface area (Å²) >= 11 is 0. The van der Waals surface area contributed by atoms with Gasteiger partial charge in [-0.15, -0.1) is 0 Å². The molecule has 6 rings (SSSR count). The maximum absolute atomic E-state index is 2.55. The monoisotopic (exact) mass is 430 g/mol. The van der Waals surface area contributed by atoms with Crippen molar-refractivity contribution in [2.24, 2.45) is 0 Å². The maximum Gasteiger partial charge on any atom is 0.0541 e. The first-order valence-electron chi connectivity index (χ1n) is 11.8. The standard InChI is InChI=1S/C31H30N2/c1-21-18-22(32-27-15-9-6-12-24(27)25-13-7-10-16-28(25)32)20-23(19-21)33-29-17-11-8-14-26(29)30(2,3)31(33,4)5/h6-20H,1-5H3. The Hall–Kier alpha value is -3.52. The topological polar surface area (TPSA) is 8.17 Å². The Labute approximate surface area is 196 Å². The van der Waals surface area contributed by atoms with Crippen molar-refractivity contribution in [1.82, 2.24) is 4.57 Å². The Kier molecular flexibility index (Phi) is 4.11. The molecule has 0 unspecified atom stereocenters. The smallest absolute Gasteiger partial charge is 0.0541 e. The summed E-state index contributed by atoms with van der Waals surface area (Å²) in [5.74, 6) is 0. The first kappa shape index (κ1) is 20.1. The number of rotatable bonds is 2. The predicted molar refractivity (Wildman–Crippen MR) is 141 cm³/mol. The average Bonchev–Trinajstić information content (AvgIpc) is 3.21. The lowest BCUT2D eigenvalue weighted by Crippen LogP contribution is -2.48. The normalized spacial score (nSPS) is 16.5. The fraction of sp³-hybridized carbons (Fsp3) is 0.226. The third kappa shape index (κ3) is 2.67. The van der Waals surface area contributed by atoms with Crippen molar-refractivity contribution in [2.75, 3.05) is 4.90 Å². The van der Waals surface area contributed by atoms with Crippen molar-refractivity contribution in [2.45, 2.75) is 45.6 Å². The summed E-state index contributed by atoms with van der Waals surface area (Å²) in [6, 6.07) is 33.4. The largest absolute Gasteiger partial charge is 0.335 e. The van der Waals surface area contributed by atoms with Crippen LogP contribution in [-0.2, 0) is 5.41 Å². The molecule has 0 saturated heterocycles. The Balaban J connectivity index is 1.63. The summed E-state index contributed by atoms with van der Waals surface area (Å²) in [7, 11) is 0. The molecule has 0 fully saturated rings. The number of anilines is 2. The van der Waals surface area contributed by atoms with E-state index in [4.69, 9.17) is 0 Å². The SMILES string of the molecule is Cc1cc(N2c3ccccc3C(C)(C)C2(C)C)cc(-n2c3ccccc3c3ccccc32)c1. The molecule has 2 heteroatoms. The lowest BCUT2D eigenvalue weighted by Gasteiger charge is -2.43. The fourth-order valence-electron chi connectivity index (χ4n) is 5.77. The number of nitrogens with zero attached hydrogens (tertiary/aromatic N) is 2. The van der Waals surface area contributed by atoms with Crippen LogP contribution in [0.4, 0.5) is 11.4 Å². The minimum absolute atomic E-state index is 0.0281. The van der Waals surface area contributed by atoms with E-state index < -0.39 is 0 Å². The number of para-hydroxylation sites is 3. The molecule has 1 aromatic heterocycles. The highest BCUT2D eigenvalue weighted by atomic mass is 15.2. The molecule has 5 aromatic rings. The quantitative estimate of drug-likeness (QED) is 0.273. The van der Waals surface area contributed by atoms with Crippen molar-refractivity contribution in [3.63, 3.8) is 0 Å². The van der Waals surface area contributed by atoms with E-state index in [-0.39, 0.29) is 11.0 Å². The van der Waals surface area contributed by atoms with Gasteiger partial charge in [-0.2, -0.15) is 0 Å². The van der Waals surface area contributed by atoms with Crippen LogP contribution in [0.5, 0.6) is 0 Å². The van der Waals surface area contributed by atoms with Gasteiger partial charge in [0.05, 0.1) is 11.0 Å². The average molecular weight is 431 g/mol. The van der Waals surface area contributed by atoms with E-state index in [1.165, 1.54) is 50.0 Å². The molecule has 0 amide bonds. The number of fused-ring (bicyclic) bond motifs is 4. The first-order valence-corrected chi connectivity index (χ1v) is 11.8. The molecule has 0 bridgehead atoms. The molecular weight excluding hydrogens is 400 g/mol. The molecule has 0 saturated carbocycles. The minimum atomic E-state index is -0.0669. The van der Waals surface area contributed by atoms with E-state index in [2.05, 4.69) is 135 Å². The molecule has 0 aliphatic carbocycles. The summed E-state index contributed by atoms with van der Waals surface area (Å²) in [5, 5.41) is 2.59. The zero-order valence-electron chi connectivity index (χ0n) is 20.1. The van der Waals surface area contributed by atoms with Gasteiger partial charge in [0.25, 0.3) is 0 Å². The third-order valence-electron chi connectivity index (χ3n) is 8.05. The van der Waals surface area contributed by atoms with Crippen LogP contribution >= 0.6 is 0 Å². The lowest BCUT2D eigenvalue weighted by molar-refractivity contribution is 0.330. The van der Waals surface area contributed by atoms with Crippen LogP contribution in [0, 0.1) is 6.92 Å². The highest BCUT2D eigenvalue weighted by molar-refractivity contribution is 6.09. The molecule has 1 aliphatic heterocycles. The molecule has 0 spiro atoms. The zero-order valence-corrected chi connectivity index (χ0v) is 20.1. The Morgan fingerprint density at radius 3 is 1.82 bits per heavy atom. The van der Waals surface area contributed by atoms with Crippen LogP contribution in [0.3, 0.4) is 0 Å². The van der Waals surface area contributed by atoms with E-state index in [9.17, 15) is 0 Å². The van der Waals surface area contributed by atoms with Gasteiger partial charge >= 0.3 is 0 Å². The summed E-state index contributed by atoms with van der Waals surface area (Å²) in [6.45, 7) is 11.7. The van der Waals surface area contributed by atoms with Gasteiger partial charge in [0.1, 0.15) is 0 Å². The van der Waals surface area contributed by atoms with Gasteiger partial charge in [-0.05, 0) is 68.3 Å². The summed E-state index contributed by atoms with van der Waals surface area (Å²) < 4.78 is 2.42. The number of benzene rings is 4. The van der Waals surface area contributed by atoms with E-state index in [0.29, 0.717) is 0 Å².